The van der Waals surface area contributed by atoms with Gasteiger partial charge in [-0.2, -0.15) is 0 Å². The minimum Gasteiger partial charge on any atom is -0.491 e. The van der Waals surface area contributed by atoms with Gasteiger partial charge in [0.15, 0.2) is 0 Å². The Kier molecular flexibility index (Phi) is 23.9. The van der Waals surface area contributed by atoms with Gasteiger partial charge >= 0.3 is 29.8 Å². The van der Waals surface area contributed by atoms with Gasteiger partial charge in [0.2, 0.25) is 0 Å². The molecule has 0 amide bonds. The number of esters is 5. The lowest BCUT2D eigenvalue weighted by Gasteiger charge is -2.27. The van der Waals surface area contributed by atoms with E-state index < -0.39 is 17.9 Å². The summed E-state index contributed by atoms with van der Waals surface area (Å²) in [7, 11) is 0. The van der Waals surface area contributed by atoms with Gasteiger partial charge in [-0.25, -0.2) is 19.4 Å². The molecule has 16 heteroatoms. The molecule has 6 rings (SSSR count). The molecule has 1 heterocycles. The Bertz CT molecular complexity index is 2480. The lowest BCUT2D eigenvalue weighted by Crippen LogP contribution is -2.29. The van der Waals surface area contributed by atoms with Crippen molar-refractivity contribution in [3.63, 3.8) is 0 Å². The predicted molar refractivity (Wildman–Crippen MR) is 280 cm³/mol. The van der Waals surface area contributed by atoms with Crippen molar-refractivity contribution in [1.82, 2.24) is 4.98 Å². The third-order valence-electron chi connectivity index (χ3n) is 13.0. The fourth-order valence-corrected chi connectivity index (χ4v) is 8.95. The summed E-state index contributed by atoms with van der Waals surface area (Å²) < 4.78 is 50.6. The van der Waals surface area contributed by atoms with Gasteiger partial charge in [0.25, 0.3) is 0 Å². The number of benzene rings is 3. The van der Waals surface area contributed by atoms with E-state index in [9.17, 15) is 24.0 Å². The number of rotatable bonds is 32. The van der Waals surface area contributed by atoms with Gasteiger partial charge in [0.05, 0.1) is 56.0 Å². The van der Waals surface area contributed by atoms with Crippen LogP contribution < -0.4 is 19.5 Å². The van der Waals surface area contributed by atoms with Crippen molar-refractivity contribution in [2.75, 3.05) is 58.2 Å². The Labute approximate surface area is 434 Å². The number of hydrogen-bond donors (Lipinski definition) is 1. The highest BCUT2D eigenvalue weighted by atomic mass is 16.6. The Hall–Kier alpha value is -6.62. The number of unbranched alkanes of at least 4 members (excludes halogenated alkanes) is 6. The summed E-state index contributed by atoms with van der Waals surface area (Å²) in [6.45, 7) is 13.2. The van der Waals surface area contributed by atoms with E-state index in [4.69, 9.17) is 47.6 Å². The summed E-state index contributed by atoms with van der Waals surface area (Å²) >= 11 is 0. The minimum atomic E-state index is -0.501. The molecule has 0 atom stereocenters. The second-order valence-electron chi connectivity index (χ2n) is 18.4. The summed E-state index contributed by atoms with van der Waals surface area (Å²) in [5, 5.41) is 5.87. The van der Waals surface area contributed by atoms with Crippen LogP contribution >= 0.6 is 0 Å². The van der Waals surface area contributed by atoms with Gasteiger partial charge in [-0.05, 0) is 150 Å². The van der Waals surface area contributed by atoms with Crippen LogP contribution in [0.4, 0.5) is 11.5 Å². The van der Waals surface area contributed by atoms with E-state index in [1.54, 1.807) is 18.2 Å². The molecule has 0 radical (unpaired) electrons. The second kappa shape index (κ2) is 31.2. The van der Waals surface area contributed by atoms with Crippen molar-refractivity contribution in [3.05, 3.63) is 98.6 Å². The molecule has 0 bridgehead atoms. The third kappa shape index (κ3) is 19.0. The maximum Gasteiger partial charge on any atom is 0.330 e. The van der Waals surface area contributed by atoms with Crippen molar-refractivity contribution in [2.45, 2.75) is 115 Å². The fraction of sp³-hybridized carbons (Fsp3) is 0.483. The number of ether oxygens (including phenoxy) is 9. The first kappa shape index (κ1) is 56.7. The number of carbonyl (C=O) groups excluding carboxylic acids is 5. The van der Waals surface area contributed by atoms with Crippen LogP contribution in [0.25, 0.3) is 21.7 Å². The summed E-state index contributed by atoms with van der Waals surface area (Å²) in [4.78, 5) is 65.7. The van der Waals surface area contributed by atoms with Crippen LogP contribution in [0.5, 0.6) is 17.2 Å². The molecule has 3 aromatic carbocycles. The van der Waals surface area contributed by atoms with Gasteiger partial charge in [0.1, 0.15) is 36.3 Å². The molecule has 2 fully saturated rings. The highest BCUT2D eigenvalue weighted by molar-refractivity contribution is 6.11. The third-order valence-corrected chi connectivity index (χ3v) is 13.0. The van der Waals surface area contributed by atoms with E-state index in [2.05, 4.69) is 25.1 Å². The Morgan fingerprint density at radius 3 is 1.47 bits per heavy atom. The molecule has 16 nitrogen and oxygen atoms in total. The van der Waals surface area contributed by atoms with Crippen molar-refractivity contribution >= 4 is 63.0 Å². The molecule has 0 aliphatic heterocycles. The molecule has 2 saturated carbocycles. The maximum absolute atomic E-state index is 13.6. The lowest BCUT2D eigenvalue weighted by atomic mass is 9.87. The molecular formula is C58H72N2O14. The van der Waals surface area contributed by atoms with Crippen LogP contribution in [0.1, 0.15) is 103 Å². The van der Waals surface area contributed by atoms with Crippen molar-refractivity contribution in [2.24, 2.45) is 11.8 Å². The van der Waals surface area contributed by atoms with Gasteiger partial charge < -0.3 is 47.9 Å². The average Bonchev–Trinajstić information content (AvgIpc) is 3.42. The summed E-state index contributed by atoms with van der Waals surface area (Å²) in [6, 6.07) is 18.4. The first-order valence-corrected chi connectivity index (χ1v) is 26.1. The second-order valence-corrected chi connectivity index (χ2v) is 18.4. The lowest BCUT2D eigenvalue weighted by molar-refractivity contribution is -0.142. The molecule has 74 heavy (non-hydrogen) atoms. The van der Waals surface area contributed by atoms with Crippen LogP contribution in [-0.4, -0.2) is 99.9 Å². The van der Waals surface area contributed by atoms with Gasteiger partial charge in [-0.1, -0.05) is 32.6 Å². The number of nitrogens with one attached hydrogen (secondary N) is 1. The van der Waals surface area contributed by atoms with E-state index in [1.165, 1.54) is 12.2 Å². The van der Waals surface area contributed by atoms with Crippen molar-refractivity contribution < 1.29 is 66.6 Å². The molecular weight excluding hydrogens is 949 g/mol. The van der Waals surface area contributed by atoms with Crippen LogP contribution in [0.2, 0.25) is 0 Å². The highest BCUT2D eigenvalue weighted by Crippen LogP contribution is 2.37. The van der Waals surface area contributed by atoms with E-state index in [-0.39, 0.29) is 49.2 Å². The number of fused-ring (bicyclic) bond motifs is 3. The number of carbonyl (C=O) groups is 5. The van der Waals surface area contributed by atoms with E-state index >= 15 is 0 Å². The molecule has 1 aromatic heterocycles. The Balaban J connectivity index is 1.05. The number of hydrogen-bond acceptors (Lipinski definition) is 16. The number of nitrogens with zero attached hydrogens (tertiary/aromatic N) is 1. The summed E-state index contributed by atoms with van der Waals surface area (Å²) in [5.74, 6) is -0.393. The number of pyridine rings is 1. The molecule has 0 spiro atoms. The Morgan fingerprint density at radius 1 is 0.486 bits per heavy atom. The largest absolute Gasteiger partial charge is 0.491 e. The molecule has 2 aliphatic rings. The average molecular weight is 1020 g/mol. The van der Waals surface area contributed by atoms with Gasteiger partial charge in [-0.15, -0.1) is 0 Å². The zero-order chi connectivity index (χ0) is 52.3. The molecule has 0 unspecified atom stereocenters. The van der Waals surface area contributed by atoms with Crippen molar-refractivity contribution in [3.8, 4) is 17.2 Å². The smallest absolute Gasteiger partial charge is 0.330 e. The maximum atomic E-state index is 13.6. The quantitative estimate of drug-likeness (QED) is 0.0121. The molecule has 4 aromatic rings. The van der Waals surface area contributed by atoms with Crippen molar-refractivity contribution in [1.29, 1.82) is 0 Å². The summed E-state index contributed by atoms with van der Waals surface area (Å²) in [6.07, 6.45) is 16.8. The molecule has 398 valence electrons. The monoisotopic (exact) mass is 1020 g/mol. The zero-order valence-electron chi connectivity index (χ0n) is 42.6. The standard InChI is InChI=1S/C58H72N2O14/c1-4-53(61)70-33-13-9-7-11-31-67-44-21-15-41(16-22-44)57(64)73-47-27-29-49-50-30-28-48(74-58(65)42-17-23-45(24-18-42)68-32-12-8-10-14-34-71-54(62)5-2)40-52(50)60-56(51(49)39-47)59-43-19-25-46(26-20-43)69-37-35-66-36-38-72-55(63)6-3/h4-6,19-20,25-30,39-42,44-45H,1-3,7-18,21-24,31-38H2,(H,59,60). The SMILES string of the molecule is C=CC(=O)OCCCCCCOC1CCC(C(=O)Oc2ccc3c(c2)nc(Nc2ccc(OCCOCCOC(=O)C=C)cc2)c2cc(OC(=O)C4CCC(OCCCCCCOC(=O)C=C)CC4)ccc23)CC1. The fourth-order valence-electron chi connectivity index (χ4n) is 8.95. The number of aromatic nitrogens is 1. The topological polar surface area (TPSA) is 193 Å². The van der Waals surface area contributed by atoms with Crippen LogP contribution in [-0.2, 0) is 52.4 Å². The minimum absolute atomic E-state index is 0.106. The molecule has 2 aliphatic carbocycles. The van der Waals surface area contributed by atoms with Crippen LogP contribution in [0.3, 0.4) is 0 Å². The highest BCUT2D eigenvalue weighted by Gasteiger charge is 2.30. The van der Waals surface area contributed by atoms with Gasteiger partial charge in [-0.3, -0.25) is 9.59 Å². The normalized spacial score (nSPS) is 17.4. The van der Waals surface area contributed by atoms with Gasteiger partial charge in [0, 0.05) is 54.0 Å². The van der Waals surface area contributed by atoms with Crippen LogP contribution in [0, 0.1) is 11.8 Å². The van der Waals surface area contributed by atoms with Crippen LogP contribution in [0.15, 0.2) is 98.6 Å². The first-order valence-electron chi connectivity index (χ1n) is 26.1. The summed E-state index contributed by atoms with van der Waals surface area (Å²) in [5.41, 5.74) is 1.33. The molecule has 1 N–H and O–H groups in total. The predicted octanol–water partition coefficient (Wildman–Crippen LogP) is 10.8. The Morgan fingerprint density at radius 2 is 0.946 bits per heavy atom. The zero-order valence-corrected chi connectivity index (χ0v) is 42.6. The van der Waals surface area contributed by atoms with E-state index in [0.717, 1.165) is 105 Å². The molecule has 0 saturated heterocycles. The first-order chi connectivity index (χ1) is 36.1. The van der Waals surface area contributed by atoms with E-state index in [0.29, 0.717) is 93.9 Å². The number of anilines is 2. The van der Waals surface area contributed by atoms with E-state index in [1.807, 2.05) is 42.5 Å².